The Bertz CT molecular complexity index is 406. The molecule has 2 atom stereocenters. The lowest BCUT2D eigenvalue weighted by molar-refractivity contribution is -0.136. The molecule has 8 heteroatoms. The van der Waals surface area contributed by atoms with E-state index in [9.17, 15) is 9.59 Å². The van der Waals surface area contributed by atoms with Crippen molar-refractivity contribution in [2.75, 3.05) is 32.5 Å². The lowest BCUT2D eigenvalue weighted by Crippen LogP contribution is -2.57. The van der Waals surface area contributed by atoms with E-state index in [1.54, 1.807) is 16.8 Å². The van der Waals surface area contributed by atoms with Gasteiger partial charge in [0.1, 0.15) is 0 Å². The van der Waals surface area contributed by atoms with E-state index >= 15 is 0 Å². The zero-order valence-corrected chi connectivity index (χ0v) is 13.8. The van der Waals surface area contributed by atoms with E-state index in [4.69, 9.17) is 10.8 Å². The predicted octanol–water partition coefficient (Wildman–Crippen LogP) is -0.00340. The van der Waals surface area contributed by atoms with E-state index < -0.39 is 6.03 Å². The summed E-state index contributed by atoms with van der Waals surface area (Å²) >= 11 is 1.55. The van der Waals surface area contributed by atoms with Gasteiger partial charge in [0.2, 0.25) is 5.91 Å². The van der Waals surface area contributed by atoms with Crippen LogP contribution in [0.25, 0.3) is 0 Å². The zero-order valence-electron chi connectivity index (χ0n) is 13.0. The second-order valence-corrected chi connectivity index (χ2v) is 6.75. The molecule has 1 aliphatic carbocycles. The van der Waals surface area contributed by atoms with Crippen LogP contribution in [0.4, 0.5) is 4.79 Å². The Morgan fingerprint density at radius 3 is 2.64 bits per heavy atom. The maximum atomic E-state index is 12.3. The van der Waals surface area contributed by atoms with Crippen LogP contribution in [0.2, 0.25) is 0 Å². The first-order chi connectivity index (χ1) is 10.6. The molecule has 0 radical (unpaired) electrons. The van der Waals surface area contributed by atoms with E-state index in [1.165, 1.54) is 0 Å². The Labute approximate surface area is 135 Å². The molecule has 0 aromatic rings. The fourth-order valence-corrected chi connectivity index (χ4v) is 3.59. The predicted molar refractivity (Wildman–Crippen MR) is 86.1 cm³/mol. The summed E-state index contributed by atoms with van der Waals surface area (Å²) in [5.74, 6) is 0.264. The van der Waals surface area contributed by atoms with E-state index in [-0.39, 0.29) is 36.9 Å². The maximum Gasteiger partial charge on any atom is 0.314 e. The van der Waals surface area contributed by atoms with Crippen LogP contribution in [0.3, 0.4) is 0 Å². The number of primary amides is 1. The van der Waals surface area contributed by atoms with E-state index in [0.29, 0.717) is 13.1 Å². The first-order valence-electron chi connectivity index (χ1n) is 7.79. The lowest BCUT2D eigenvalue weighted by atomic mass is 9.93. The molecule has 0 bridgehead atoms. The van der Waals surface area contributed by atoms with Gasteiger partial charge >= 0.3 is 6.03 Å². The number of likely N-dealkylation sites (tertiary alicyclic amines) is 1. The average Bonchev–Trinajstić information content (AvgIpc) is 3.30. The molecule has 2 fully saturated rings. The van der Waals surface area contributed by atoms with Crippen LogP contribution in [-0.4, -0.2) is 71.4 Å². The number of nitrogens with one attached hydrogen (secondary N) is 1. The van der Waals surface area contributed by atoms with Gasteiger partial charge in [-0.25, -0.2) is 4.79 Å². The largest absolute Gasteiger partial charge is 0.396 e. The highest BCUT2D eigenvalue weighted by Gasteiger charge is 2.41. The lowest BCUT2D eigenvalue weighted by Gasteiger charge is -2.42. The number of urea groups is 1. The molecule has 2 aliphatic rings. The maximum absolute atomic E-state index is 12.3. The number of carbonyl (C=O) groups is 2. The second kappa shape index (κ2) is 8.03. The molecule has 22 heavy (non-hydrogen) atoms. The molecule has 0 spiro atoms. The van der Waals surface area contributed by atoms with Gasteiger partial charge < -0.3 is 20.6 Å². The third kappa shape index (κ3) is 4.50. The topological polar surface area (TPSA) is 98.9 Å². The summed E-state index contributed by atoms with van der Waals surface area (Å²) in [6.45, 7) is 1.78. The van der Waals surface area contributed by atoms with Crippen molar-refractivity contribution < 1.29 is 14.7 Å². The number of nitrogens with zero attached hydrogens (tertiary/aromatic N) is 2. The first-order valence-corrected chi connectivity index (χ1v) is 9.01. The van der Waals surface area contributed by atoms with Crippen molar-refractivity contribution in [3.05, 3.63) is 0 Å². The van der Waals surface area contributed by atoms with Gasteiger partial charge in [-0.3, -0.25) is 9.52 Å². The van der Waals surface area contributed by atoms with Gasteiger partial charge in [0.15, 0.2) is 0 Å². The highest BCUT2D eigenvalue weighted by atomic mass is 32.2. The van der Waals surface area contributed by atoms with Crippen LogP contribution in [0.1, 0.15) is 25.7 Å². The van der Waals surface area contributed by atoms with Gasteiger partial charge in [0, 0.05) is 32.1 Å². The quantitative estimate of drug-likeness (QED) is 0.571. The summed E-state index contributed by atoms with van der Waals surface area (Å²) in [7, 11) is 0. The van der Waals surface area contributed by atoms with Crippen LogP contribution >= 0.6 is 11.9 Å². The van der Waals surface area contributed by atoms with E-state index in [0.717, 1.165) is 25.8 Å². The number of piperidine rings is 1. The number of aliphatic hydroxyl groups excluding tert-OH is 1. The van der Waals surface area contributed by atoms with Crippen LogP contribution in [0.5, 0.6) is 0 Å². The molecule has 0 aromatic carbocycles. The fraction of sp³-hybridized carbons (Fsp3) is 0.857. The average molecular weight is 330 g/mol. The minimum atomic E-state index is -0.427. The van der Waals surface area contributed by atoms with Crippen molar-refractivity contribution in [1.29, 1.82) is 0 Å². The van der Waals surface area contributed by atoms with E-state index in [1.807, 2.05) is 11.2 Å². The van der Waals surface area contributed by atoms with Crippen molar-refractivity contribution in [2.45, 2.75) is 37.8 Å². The first kappa shape index (κ1) is 17.4. The minimum absolute atomic E-state index is 0.00135. The Balaban J connectivity index is 2.07. The molecule has 4 N–H and O–H groups in total. The van der Waals surface area contributed by atoms with Crippen molar-refractivity contribution in [3.63, 3.8) is 0 Å². The van der Waals surface area contributed by atoms with Crippen molar-refractivity contribution in [2.24, 2.45) is 11.7 Å². The molecule has 7 nitrogen and oxygen atoms in total. The minimum Gasteiger partial charge on any atom is -0.396 e. The standard InChI is InChI=1S/C14H26N4O3S/c1-22-16-7-10-6-12(9-17(8-10)14(15)21)18(11-2-3-11)13(20)4-5-19/h10-12,16,19H,2-9H2,1H3,(H2,15,21). The number of aliphatic hydroxyl groups is 1. The van der Waals surface area contributed by atoms with Gasteiger partial charge in [-0.2, -0.15) is 0 Å². The van der Waals surface area contributed by atoms with Crippen LogP contribution in [0, 0.1) is 5.92 Å². The van der Waals surface area contributed by atoms with Crippen molar-refractivity contribution >= 4 is 23.9 Å². The van der Waals surface area contributed by atoms with E-state index in [2.05, 4.69) is 4.72 Å². The number of hydrogen-bond acceptors (Lipinski definition) is 5. The normalized spacial score (nSPS) is 25.1. The highest BCUT2D eigenvalue weighted by Crippen LogP contribution is 2.33. The number of amides is 3. The zero-order chi connectivity index (χ0) is 16.1. The summed E-state index contributed by atoms with van der Waals surface area (Å²) < 4.78 is 3.23. The molecule has 2 unspecified atom stereocenters. The Kier molecular flexibility index (Phi) is 6.34. The molecule has 126 valence electrons. The SMILES string of the molecule is CSNCC1CC(N(C(=O)CCO)C2CC2)CN(C(N)=O)C1. The number of nitrogens with two attached hydrogens (primary N) is 1. The molecule has 0 aromatic heterocycles. The molecular formula is C14H26N4O3S. The Morgan fingerprint density at radius 2 is 2.09 bits per heavy atom. The smallest absolute Gasteiger partial charge is 0.314 e. The summed E-state index contributed by atoms with van der Waals surface area (Å²) in [5, 5.41) is 9.05. The molecule has 1 aliphatic heterocycles. The Morgan fingerprint density at radius 1 is 1.36 bits per heavy atom. The summed E-state index contributed by atoms with van der Waals surface area (Å²) in [6, 6.07) is -0.156. The van der Waals surface area contributed by atoms with Crippen LogP contribution in [0.15, 0.2) is 0 Å². The van der Waals surface area contributed by atoms with Crippen molar-refractivity contribution in [1.82, 2.24) is 14.5 Å². The van der Waals surface area contributed by atoms with Gasteiger partial charge in [-0.15, -0.1) is 0 Å². The summed E-state index contributed by atoms with van der Waals surface area (Å²) in [4.78, 5) is 27.5. The van der Waals surface area contributed by atoms with Crippen molar-refractivity contribution in [3.8, 4) is 0 Å². The monoisotopic (exact) mass is 330 g/mol. The molecular weight excluding hydrogens is 304 g/mol. The van der Waals surface area contributed by atoms with Gasteiger partial charge in [0.05, 0.1) is 12.6 Å². The van der Waals surface area contributed by atoms with Gasteiger partial charge in [0.25, 0.3) is 0 Å². The van der Waals surface area contributed by atoms with Crippen LogP contribution in [-0.2, 0) is 4.79 Å². The van der Waals surface area contributed by atoms with Crippen LogP contribution < -0.4 is 10.5 Å². The summed E-state index contributed by atoms with van der Waals surface area (Å²) in [6.07, 6.45) is 5.01. The summed E-state index contributed by atoms with van der Waals surface area (Å²) in [5.41, 5.74) is 5.46. The molecule has 1 heterocycles. The Hall–Kier alpha value is -0.990. The van der Waals surface area contributed by atoms with Gasteiger partial charge in [-0.1, -0.05) is 11.9 Å². The number of carbonyl (C=O) groups excluding carboxylic acids is 2. The third-order valence-electron chi connectivity index (χ3n) is 4.29. The molecule has 3 amide bonds. The fourth-order valence-electron chi connectivity index (χ4n) is 3.19. The highest BCUT2D eigenvalue weighted by molar-refractivity contribution is 7.96. The molecule has 1 saturated carbocycles. The van der Waals surface area contributed by atoms with Gasteiger partial charge in [-0.05, 0) is 31.4 Å². The third-order valence-corrected chi connectivity index (χ3v) is 4.75. The second-order valence-electron chi connectivity index (χ2n) is 6.06. The number of rotatable bonds is 7. The molecule has 1 saturated heterocycles. The number of hydrogen-bond donors (Lipinski definition) is 3. The molecule has 2 rings (SSSR count).